The Balaban J connectivity index is 2.13. The van der Waals surface area contributed by atoms with Crippen molar-refractivity contribution in [3.63, 3.8) is 0 Å². The molecule has 0 aromatic heterocycles. The molecule has 0 fully saturated rings. The number of nitrogens with one attached hydrogen (secondary N) is 2. The molecule has 5 heteroatoms. The third-order valence-corrected chi connectivity index (χ3v) is 2.85. The number of anilines is 2. The van der Waals surface area contributed by atoms with E-state index in [2.05, 4.69) is 10.6 Å². The van der Waals surface area contributed by atoms with Crippen LogP contribution in [0.1, 0.15) is 12.5 Å². The lowest BCUT2D eigenvalue weighted by molar-refractivity contribution is 0.262. The van der Waals surface area contributed by atoms with Gasteiger partial charge in [-0.15, -0.1) is 0 Å². The zero-order valence-electron chi connectivity index (χ0n) is 10.9. The average molecular weight is 276 g/mol. The van der Waals surface area contributed by atoms with Crippen molar-refractivity contribution in [2.24, 2.45) is 0 Å². The van der Waals surface area contributed by atoms with Gasteiger partial charge in [-0.05, 0) is 30.2 Å². The van der Waals surface area contributed by atoms with Gasteiger partial charge in [-0.2, -0.15) is 0 Å². The molecule has 0 heterocycles. The Labute approximate surface area is 115 Å². The van der Waals surface area contributed by atoms with Gasteiger partial charge in [-0.25, -0.2) is 13.6 Å². The number of hydrogen-bond donors (Lipinski definition) is 2. The van der Waals surface area contributed by atoms with Crippen LogP contribution in [0.2, 0.25) is 0 Å². The number of urea groups is 1. The molecule has 2 aromatic rings. The van der Waals surface area contributed by atoms with Crippen LogP contribution in [0.4, 0.5) is 25.0 Å². The van der Waals surface area contributed by atoms with E-state index >= 15 is 0 Å². The van der Waals surface area contributed by atoms with E-state index in [0.717, 1.165) is 24.1 Å². The van der Waals surface area contributed by atoms with Crippen molar-refractivity contribution in [1.29, 1.82) is 0 Å². The average Bonchev–Trinajstić information content (AvgIpc) is 2.44. The first-order valence-electron chi connectivity index (χ1n) is 6.21. The molecule has 0 spiro atoms. The Morgan fingerprint density at radius 2 is 1.65 bits per heavy atom. The summed E-state index contributed by atoms with van der Waals surface area (Å²) in [5.74, 6) is -1.63. The summed E-state index contributed by atoms with van der Waals surface area (Å²) in [6.07, 6.45) is 0.741. The number of hydrogen-bond acceptors (Lipinski definition) is 1. The molecule has 0 aliphatic carbocycles. The van der Waals surface area contributed by atoms with Gasteiger partial charge in [0, 0.05) is 5.69 Å². The van der Waals surface area contributed by atoms with Gasteiger partial charge >= 0.3 is 6.03 Å². The highest BCUT2D eigenvalue weighted by molar-refractivity contribution is 6.00. The van der Waals surface area contributed by atoms with Crippen molar-refractivity contribution in [1.82, 2.24) is 0 Å². The lowest BCUT2D eigenvalue weighted by Gasteiger charge is -2.11. The quantitative estimate of drug-likeness (QED) is 0.867. The van der Waals surface area contributed by atoms with Gasteiger partial charge in [-0.1, -0.05) is 31.2 Å². The second-order valence-corrected chi connectivity index (χ2v) is 4.19. The maximum Gasteiger partial charge on any atom is 0.323 e. The molecular formula is C15H14F2N2O. The summed E-state index contributed by atoms with van der Waals surface area (Å²) in [6, 6.07) is 9.96. The topological polar surface area (TPSA) is 41.1 Å². The first-order chi connectivity index (χ1) is 9.61. The van der Waals surface area contributed by atoms with E-state index in [1.807, 2.05) is 19.1 Å². The summed E-state index contributed by atoms with van der Waals surface area (Å²) in [6.45, 7) is 1.95. The first kappa shape index (κ1) is 14.0. The fourth-order valence-corrected chi connectivity index (χ4v) is 1.83. The molecule has 104 valence electrons. The fourth-order valence-electron chi connectivity index (χ4n) is 1.83. The van der Waals surface area contributed by atoms with Gasteiger partial charge in [0.05, 0.1) is 0 Å². The Morgan fingerprint density at radius 1 is 1.00 bits per heavy atom. The van der Waals surface area contributed by atoms with E-state index in [1.165, 1.54) is 6.07 Å². The van der Waals surface area contributed by atoms with Crippen LogP contribution in [0.25, 0.3) is 0 Å². The maximum atomic E-state index is 13.4. The first-order valence-corrected chi connectivity index (χ1v) is 6.21. The monoisotopic (exact) mass is 276 g/mol. The molecular weight excluding hydrogens is 262 g/mol. The number of halogens is 2. The number of carbonyl (C=O) groups excluding carboxylic acids is 1. The Hall–Kier alpha value is -2.43. The number of para-hydroxylation sites is 2. The van der Waals surface area contributed by atoms with Crippen molar-refractivity contribution in [2.45, 2.75) is 13.3 Å². The molecule has 2 amide bonds. The Morgan fingerprint density at radius 3 is 2.30 bits per heavy atom. The third-order valence-electron chi connectivity index (χ3n) is 2.85. The van der Waals surface area contributed by atoms with Crippen molar-refractivity contribution in [2.75, 3.05) is 10.6 Å². The molecule has 2 rings (SSSR count). The summed E-state index contributed by atoms with van der Waals surface area (Å²) in [5.41, 5.74) is 1.10. The van der Waals surface area contributed by atoms with E-state index in [-0.39, 0.29) is 0 Å². The largest absolute Gasteiger partial charge is 0.323 e. The van der Waals surface area contributed by atoms with E-state index in [9.17, 15) is 13.6 Å². The summed E-state index contributed by atoms with van der Waals surface area (Å²) in [7, 11) is 0. The fraction of sp³-hybridized carbons (Fsp3) is 0.133. The van der Waals surface area contributed by atoms with Crippen LogP contribution < -0.4 is 10.6 Å². The van der Waals surface area contributed by atoms with Gasteiger partial charge in [0.15, 0.2) is 0 Å². The number of aryl methyl sites for hydroxylation is 1. The summed E-state index contributed by atoms with van der Waals surface area (Å²) < 4.78 is 26.8. The molecule has 0 unspecified atom stereocenters. The highest BCUT2D eigenvalue weighted by Crippen LogP contribution is 2.19. The van der Waals surface area contributed by atoms with Gasteiger partial charge < -0.3 is 10.6 Å². The molecule has 0 bridgehead atoms. The molecule has 2 aromatic carbocycles. The standard InChI is InChI=1S/C15H14F2N2O/c1-2-10-6-3-4-9-13(10)18-15(20)19-14-11(16)7-5-8-12(14)17/h3-9H,2H2,1H3,(H2,18,19,20). The number of benzene rings is 2. The molecule has 0 atom stereocenters. The molecule has 3 nitrogen and oxygen atoms in total. The van der Waals surface area contributed by atoms with Crippen LogP contribution in [0.15, 0.2) is 42.5 Å². The molecule has 2 N–H and O–H groups in total. The second kappa shape index (κ2) is 6.14. The van der Waals surface area contributed by atoms with Crippen LogP contribution >= 0.6 is 0 Å². The number of carbonyl (C=O) groups is 1. The Kier molecular flexibility index (Phi) is 4.30. The molecule has 0 saturated carbocycles. The van der Waals surface area contributed by atoms with Crippen molar-refractivity contribution < 1.29 is 13.6 Å². The minimum atomic E-state index is -0.816. The van der Waals surface area contributed by atoms with Gasteiger partial charge in [0.25, 0.3) is 0 Å². The van der Waals surface area contributed by atoms with Crippen molar-refractivity contribution >= 4 is 17.4 Å². The summed E-state index contributed by atoms with van der Waals surface area (Å²) >= 11 is 0. The van der Waals surface area contributed by atoms with Crippen LogP contribution in [-0.4, -0.2) is 6.03 Å². The van der Waals surface area contributed by atoms with Gasteiger partial charge in [0.2, 0.25) is 0 Å². The van der Waals surface area contributed by atoms with Crippen LogP contribution in [0.3, 0.4) is 0 Å². The SMILES string of the molecule is CCc1ccccc1NC(=O)Nc1c(F)cccc1F. The molecule has 0 saturated heterocycles. The van der Waals surface area contributed by atoms with E-state index in [0.29, 0.717) is 5.69 Å². The normalized spacial score (nSPS) is 10.2. The minimum absolute atomic E-state index is 0.459. The predicted octanol–water partition coefficient (Wildman–Crippen LogP) is 4.17. The van der Waals surface area contributed by atoms with Crippen molar-refractivity contribution in [3.05, 3.63) is 59.7 Å². The number of rotatable bonds is 3. The zero-order valence-corrected chi connectivity index (χ0v) is 10.9. The summed E-state index contributed by atoms with van der Waals surface area (Å²) in [4.78, 5) is 11.8. The predicted molar refractivity (Wildman–Crippen MR) is 74.8 cm³/mol. The molecule has 20 heavy (non-hydrogen) atoms. The van der Waals surface area contributed by atoms with E-state index in [4.69, 9.17) is 0 Å². The maximum absolute atomic E-state index is 13.4. The van der Waals surface area contributed by atoms with Crippen LogP contribution in [0.5, 0.6) is 0 Å². The van der Waals surface area contributed by atoms with E-state index in [1.54, 1.807) is 12.1 Å². The van der Waals surface area contributed by atoms with Crippen molar-refractivity contribution in [3.8, 4) is 0 Å². The lowest BCUT2D eigenvalue weighted by Crippen LogP contribution is -2.21. The van der Waals surface area contributed by atoms with E-state index < -0.39 is 23.4 Å². The Bertz CT molecular complexity index is 609. The van der Waals surface area contributed by atoms with Gasteiger partial charge in [0.1, 0.15) is 17.3 Å². The lowest BCUT2D eigenvalue weighted by atomic mass is 10.1. The third kappa shape index (κ3) is 3.12. The highest BCUT2D eigenvalue weighted by atomic mass is 19.1. The molecule has 0 radical (unpaired) electrons. The summed E-state index contributed by atoms with van der Waals surface area (Å²) in [5, 5.41) is 4.76. The van der Waals surface area contributed by atoms with Gasteiger partial charge in [-0.3, -0.25) is 0 Å². The minimum Gasteiger partial charge on any atom is -0.307 e. The smallest absolute Gasteiger partial charge is 0.307 e. The molecule has 0 aliphatic rings. The van der Waals surface area contributed by atoms with Crippen LogP contribution in [-0.2, 0) is 6.42 Å². The highest BCUT2D eigenvalue weighted by Gasteiger charge is 2.12. The van der Waals surface area contributed by atoms with Crippen LogP contribution in [0, 0.1) is 11.6 Å². The zero-order chi connectivity index (χ0) is 14.5. The molecule has 0 aliphatic heterocycles. The second-order valence-electron chi connectivity index (χ2n) is 4.19. The number of amides is 2.